The van der Waals surface area contributed by atoms with Crippen molar-refractivity contribution in [1.29, 1.82) is 0 Å². The van der Waals surface area contributed by atoms with Gasteiger partial charge in [0.05, 0.1) is 11.9 Å². The third-order valence-corrected chi connectivity index (χ3v) is 3.60. The number of hydrogen-bond donors (Lipinski definition) is 2. The average Bonchev–Trinajstić information content (AvgIpc) is 3.12. The third kappa shape index (κ3) is 2.55. The summed E-state index contributed by atoms with van der Waals surface area (Å²) in [6, 6.07) is 0.938. The van der Waals surface area contributed by atoms with Crippen molar-refractivity contribution in [3.63, 3.8) is 0 Å². The number of aromatic nitrogens is 2. The van der Waals surface area contributed by atoms with E-state index in [1.807, 2.05) is 5.38 Å². The number of nitrogens with zero attached hydrogens (tertiary/aromatic N) is 2. The molecule has 19 heavy (non-hydrogen) atoms. The molecule has 2 N–H and O–H groups in total. The lowest BCUT2D eigenvalue weighted by molar-refractivity contribution is 0.0697. The molecule has 2 heterocycles. The average molecular weight is 279 g/mol. The number of rotatable bonds is 4. The molecule has 98 valence electrons. The molecule has 0 radical (unpaired) electrons. The molecule has 1 aliphatic rings. The highest BCUT2D eigenvalue weighted by molar-refractivity contribution is 7.13. The number of halogens is 1. The third-order valence-electron chi connectivity index (χ3n) is 2.83. The number of nitrogens with one attached hydrogen (secondary N) is 1. The fourth-order valence-electron chi connectivity index (χ4n) is 1.71. The van der Waals surface area contributed by atoms with Gasteiger partial charge in [0, 0.05) is 11.3 Å². The van der Waals surface area contributed by atoms with Gasteiger partial charge in [0.25, 0.3) is 0 Å². The van der Waals surface area contributed by atoms with Crippen molar-refractivity contribution >= 4 is 28.3 Å². The molecular formula is C12H10FN3O2S. The molecule has 0 amide bonds. The minimum atomic E-state index is -1.23. The number of carbonyl (C=O) groups is 1. The van der Waals surface area contributed by atoms with Gasteiger partial charge < -0.3 is 10.4 Å². The van der Waals surface area contributed by atoms with E-state index in [2.05, 4.69) is 15.3 Å². The zero-order valence-electron chi connectivity index (χ0n) is 9.76. The van der Waals surface area contributed by atoms with Crippen LogP contribution in [0.25, 0.3) is 0 Å². The zero-order chi connectivity index (χ0) is 13.4. The topological polar surface area (TPSA) is 75.1 Å². The molecule has 5 nitrogen and oxygen atoms in total. The van der Waals surface area contributed by atoms with Crippen molar-refractivity contribution in [2.75, 3.05) is 5.32 Å². The number of hydrogen-bond acceptors (Lipinski definition) is 5. The van der Waals surface area contributed by atoms with Gasteiger partial charge in [-0.2, -0.15) is 0 Å². The van der Waals surface area contributed by atoms with Gasteiger partial charge in [0.2, 0.25) is 0 Å². The fraction of sp³-hybridized carbons (Fsp3) is 0.250. The van der Waals surface area contributed by atoms with E-state index in [-0.39, 0.29) is 11.4 Å². The van der Waals surface area contributed by atoms with Crippen LogP contribution in [0, 0.1) is 5.82 Å². The second-order valence-corrected chi connectivity index (χ2v) is 5.19. The summed E-state index contributed by atoms with van der Waals surface area (Å²) >= 11 is 1.39. The quantitative estimate of drug-likeness (QED) is 0.899. The van der Waals surface area contributed by atoms with E-state index in [0.717, 1.165) is 30.8 Å². The minimum absolute atomic E-state index is 0.102. The van der Waals surface area contributed by atoms with E-state index in [1.54, 1.807) is 0 Å². The summed E-state index contributed by atoms with van der Waals surface area (Å²) in [4.78, 5) is 19.2. The van der Waals surface area contributed by atoms with Crippen LogP contribution in [0.5, 0.6) is 0 Å². The highest BCUT2D eigenvalue weighted by atomic mass is 32.1. The van der Waals surface area contributed by atoms with Crippen LogP contribution >= 0.6 is 11.3 Å². The van der Waals surface area contributed by atoms with Crippen molar-refractivity contribution in [3.05, 3.63) is 34.7 Å². The van der Waals surface area contributed by atoms with Gasteiger partial charge >= 0.3 is 5.97 Å². The summed E-state index contributed by atoms with van der Waals surface area (Å²) in [5.74, 6) is -1.27. The van der Waals surface area contributed by atoms with E-state index in [4.69, 9.17) is 5.11 Å². The van der Waals surface area contributed by atoms with Crippen LogP contribution < -0.4 is 5.32 Å². The fourth-order valence-corrected chi connectivity index (χ4v) is 2.50. The molecule has 2 aromatic heterocycles. The Labute approximate surface area is 112 Å². The summed E-state index contributed by atoms with van der Waals surface area (Å²) in [7, 11) is 0. The van der Waals surface area contributed by atoms with Crippen LogP contribution in [-0.2, 0) is 0 Å². The maximum Gasteiger partial charge on any atom is 0.339 e. The molecule has 0 spiro atoms. The molecule has 3 rings (SSSR count). The SMILES string of the molecule is O=C(O)c1cc(F)cnc1Nc1nc(C2CC2)cs1. The number of anilines is 2. The van der Waals surface area contributed by atoms with Crippen LogP contribution in [0.4, 0.5) is 15.3 Å². The highest BCUT2D eigenvalue weighted by Crippen LogP contribution is 2.41. The first-order chi connectivity index (χ1) is 9.13. The molecule has 1 fully saturated rings. The Morgan fingerprint density at radius 3 is 3.00 bits per heavy atom. The minimum Gasteiger partial charge on any atom is -0.478 e. The Bertz CT molecular complexity index is 640. The Balaban J connectivity index is 1.87. The summed E-state index contributed by atoms with van der Waals surface area (Å²) in [5.41, 5.74) is 0.814. The predicted octanol–water partition coefficient (Wildman–Crippen LogP) is 3.00. The van der Waals surface area contributed by atoms with E-state index in [1.165, 1.54) is 11.3 Å². The number of aromatic carboxylic acids is 1. The first-order valence-corrected chi connectivity index (χ1v) is 6.63. The second-order valence-electron chi connectivity index (χ2n) is 4.33. The molecule has 0 aliphatic heterocycles. The maximum absolute atomic E-state index is 13.0. The molecule has 2 aromatic rings. The van der Waals surface area contributed by atoms with Crippen molar-refractivity contribution in [2.45, 2.75) is 18.8 Å². The number of pyridine rings is 1. The zero-order valence-corrected chi connectivity index (χ0v) is 10.6. The van der Waals surface area contributed by atoms with Crippen LogP contribution in [0.2, 0.25) is 0 Å². The monoisotopic (exact) mass is 279 g/mol. The molecule has 0 unspecified atom stereocenters. The van der Waals surface area contributed by atoms with E-state index < -0.39 is 11.8 Å². The predicted molar refractivity (Wildman–Crippen MR) is 68.5 cm³/mol. The normalized spacial score (nSPS) is 14.4. The Hall–Kier alpha value is -2.02. The largest absolute Gasteiger partial charge is 0.478 e. The van der Waals surface area contributed by atoms with Gasteiger partial charge in [-0.05, 0) is 18.9 Å². The highest BCUT2D eigenvalue weighted by Gasteiger charge is 2.26. The summed E-state index contributed by atoms with van der Waals surface area (Å²) < 4.78 is 13.0. The van der Waals surface area contributed by atoms with Gasteiger partial charge in [-0.3, -0.25) is 0 Å². The van der Waals surface area contributed by atoms with Gasteiger partial charge in [-0.25, -0.2) is 19.2 Å². The van der Waals surface area contributed by atoms with Gasteiger partial charge in [0.1, 0.15) is 17.2 Å². The van der Waals surface area contributed by atoms with Crippen molar-refractivity contribution < 1.29 is 14.3 Å². The lowest BCUT2D eigenvalue weighted by Crippen LogP contribution is -2.05. The molecule has 1 saturated carbocycles. The molecular weight excluding hydrogens is 269 g/mol. The van der Waals surface area contributed by atoms with E-state index >= 15 is 0 Å². The lowest BCUT2D eigenvalue weighted by Gasteiger charge is -2.05. The maximum atomic E-state index is 13.0. The first kappa shape index (κ1) is 12.0. The number of thiazole rings is 1. The summed E-state index contributed by atoms with van der Waals surface area (Å²) in [6.07, 6.45) is 3.28. The smallest absolute Gasteiger partial charge is 0.339 e. The summed E-state index contributed by atoms with van der Waals surface area (Å²) in [6.45, 7) is 0. The van der Waals surface area contributed by atoms with E-state index in [9.17, 15) is 9.18 Å². The standard InChI is InChI=1S/C12H10FN3O2S/c13-7-3-8(11(17)18)10(14-4-7)16-12-15-9(5-19-12)6-1-2-6/h3-6H,1-2H2,(H,17,18)(H,14,15,16). The lowest BCUT2D eigenvalue weighted by atomic mass is 10.2. The van der Waals surface area contributed by atoms with Gasteiger partial charge in [-0.15, -0.1) is 11.3 Å². The van der Waals surface area contributed by atoms with Crippen LogP contribution in [-0.4, -0.2) is 21.0 Å². The van der Waals surface area contributed by atoms with Gasteiger partial charge in [0.15, 0.2) is 5.13 Å². The van der Waals surface area contributed by atoms with Crippen molar-refractivity contribution in [3.8, 4) is 0 Å². The number of carboxylic acids is 1. The van der Waals surface area contributed by atoms with E-state index in [0.29, 0.717) is 11.0 Å². The molecule has 7 heteroatoms. The molecule has 0 aromatic carbocycles. The van der Waals surface area contributed by atoms with Crippen LogP contribution in [0.3, 0.4) is 0 Å². The molecule has 1 aliphatic carbocycles. The molecule has 0 bridgehead atoms. The molecule has 0 atom stereocenters. The second kappa shape index (κ2) is 4.58. The Morgan fingerprint density at radius 2 is 2.32 bits per heavy atom. The Morgan fingerprint density at radius 1 is 1.53 bits per heavy atom. The van der Waals surface area contributed by atoms with Crippen LogP contribution in [0.15, 0.2) is 17.6 Å². The Kier molecular flexibility index (Phi) is 2.90. The summed E-state index contributed by atoms with van der Waals surface area (Å²) in [5, 5.41) is 14.4. The van der Waals surface area contributed by atoms with Gasteiger partial charge in [-0.1, -0.05) is 0 Å². The molecule has 0 saturated heterocycles. The first-order valence-electron chi connectivity index (χ1n) is 5.75. The van der Waals surface area contributed by atoms with Crippen LogP contribution in [0.1, 0.15) is 34.8 Å². The van der Waals surface area contributed by atoms with Crippen molar-refractivity contribution in [2.24, 2.45) is 0 Å². The van der Waals surface area contributed by atoms with Crippen molar-refractivity contribution in [1.82, 2.24) is 9.97 Å². The number of carboxylic acid groups (broad SMARTS) is 1.